The molecule has 308 valence electrons. The van der Waals surface area contributed by atoms with Gasteiger partial charge in [0.15, 0.2) is 24.6 Å². The van der Waals surface area contributed by atoms with Crippen molar-refractivity contribution in [1.29, 1.82) is 0 Å². The molecule has 1 aliphatic heterocycles. The lowest BCUT2D eigenvalue weighted by Crippen LogP contribution is -2.62. The van der Waals surface area contributed by atoms with E-state index in [2.05, 4.69) is 52.0 Å². The first-order valence-corrected chi connectivity index (χ1v) is 17.2. The molecule has 0 aromatic heterocycles. The predicted molar refractivity (Wildman–Crippen MR) is 186 cm³/mol. The van der Waals surface area contributed by atoms with E-state index in [1.54, 1.807) is 0 Å². The molecule has 1 N–H and O–H groups in total. The highest BCUT2D eigenvalue weighted by Crippen LogP contribution is 2.29. The lowest BCUT2D eigenvalue weighted by Gasteiger charge is -2.42. The predicted octanol–water partition coefficient (Wildman–Crippen LogP) is 2.68. The average molecular weight is 789 g/mol. The first kappa shape index (κ1) is 47.6. The van der Waals surface area contributed by atoms with Gasteiger partial charge in [0, 0.05) is 19.7 Å². The summed E-state index contributed by atoms with van der Waals surface area (Å²) in [7, 11) is 0. The van der Waals surface area contributed by atoms with Crippen molar-refractivity contribution >= 4 is 23.9 Å². The largest absolute Gasteiger partial charge is 0.463 e. The number of esters is 4. The van der Waals surface area contributed by atoms with Crippen LogP contribution in [0.25, 0.3) is 0 Å². The van der Waals surface area contributed by atoms with Gasteiger partial charge < -0.3 is 28.8 Å². The van der Waals surface area contributed by atoms with Crippen LogP contribution in [0.5, 0.6) is 0 Å². The number of aliphatic hydroxyl groups is 1. The molecule has 2 rings (SSSR count). The van der Waals surface area contributed by atoms with Crippen molar-refractivity contribution in [3.8, 4) is 0 Å². The topological polar surface area (TPSA) is 307 Å². The number of nitrogens with zero attached hydrogens (tertiary/aromatic N) is 4. The van der Waals surface area contributed by atoms with Crippen LogP contribution in [-0.2, 0) is 42.9 Å². The summed E-state index contributed by atoms with van der Waals surface area (Å²) in [4.78, 5) is 87.3. The summed E-state index contributed by atoms with van der Waals surface area (Å²) >= 11 is 0. The third-order valence-corrected chi connectivity index (χ3v) is 7.83. The van der Waals surface area contributed by atoms with Gasteiger partial charge >= 0.3 is 23.9 Å². The number of aliphatic hydroxyl groups excluding tert-OH is 1. The summed E-state index contributed by atoms with van der Waals surface area (Å²) in [6.45, 7) is 4.64. The fourth-order valence-electron chi connectivity index (χ4n) is 4.84. The van der Waals surface area contributed by atoms with Gasteiger partial charge in [0.2, 0.25) is 26.2 Å². The molecular formula is C33H48N4O18. The molecular weight excluding hydrogens is 740 g/mol. The Kier molecular flexibility index (Phi) is 20.9. The Morgan fingerprint density at radius 1 is 0.727 bits per heavy atom. The van der Waals surface area contributed by atoms with Crippen LogP contribution in [-0.4, -0.2) is 112 Å². The van der Waals surface area contributed by atoms with E-state index >= 15 is 0 Å². The second-order valence-corrected chi connectivity index (χ2v) is 13.3. The summed E-state index contributed by atoms with van der Waals surface area (Å²) in [5.74, 6) is -5.06. The summed E-state index contributed by atoms with van der Waals surface area (Å²) < 4.78 is 25.1. The van der Waals surface area contributed by atoms with Gasteiger partial charge in [-0.2, -0.15) is 0 Å². The Labute approximate surface area is 315 Å². The summed E-state index contributed by atoms with van der Waals surface area (Å²) in [6.07, 6.45) is 0.971. The molecule has 1 heterocycles. The number of carbonyl (C=O) groups is 4. The zero-order valence-corrected chi connectivity index (χ0v) is 31.1. The standard InChI is InChI=1S/C18H24N4O18.C15H24/c23-11(1-5-19(28)29)36-9-10-15(38-12(24)2-6-20(30)31)16(39-13(25)3-7-21(32)33)17(18(27)37-10)40-14(26)4-8-22(34)35;1-13-7-5-8-14(2)10-12-15(3,4)11-6-9-13/h10,15-18,27H,1-9H2;6-7,10-11H,5,8-9,12H2,1-4H3. The number of allylic oxidation sites excluding steroid dienone is 6. The normalized spacial score (nSPS) is 22.1. The van der Waals surface area contributed by atoms with Crippen molar-refractivity contribution in [1.82, 2.24) is 0 Å². The van der Waals surface area contributed by atoms with Gasteiger partial charge in [-0.05, 0) is 44.9 Å². The second-order valence-electron chi connectivity index (χ2n) is 13.3. The third kappa shape index (κ3) is 21.2. The molecule has 0 aromatic rings. The minimum atomic E-state index is -2.22. The van der Waals surface area contributed by atoms with Crippen LogP contribution in [0.15, 0.2) is 35.5 Å². The quantitative estimate of drug-likeness (QED) is 0.0728. The van der Waals surface area contributed by atoms with Crippen molar-refractivity contribution < 1.29 is 67.7 Å². The SMILES string of the molecule is CC1=CCCC(C)=CCC(C)(C)C=CC1.O=C(CC[N+](=O)[O-])OCC1OC(O)C(OC(=O)CC[N+](=O)[O-])C(OC(=O)CC[N+](=O)[O-])C1OC(=O)CC[N+](=O)[O-]. The fourth-order valence-corrected chi connectivity index (χ4v) is 4.84. The van der Waals surface area contributed by atoms with Crippen molar-refractivity contribution in [2.24, 2.45) is 5.41 Å². The van der Waals surface area contributed by atoms with Crippen LogP contribution in [0.1, 0.15) is 79.1 Å². The van der Waals surface area contributed by atoms with Gasteiger partial charge in [-0.25, -0.2) is 0 Å². The van der Waals surface area contributed by atoms with Gasteiger partial charge in [0.1, 0.15) is 38.4 Å². The molecule has 22 heteroatoms. The van der Waals surface area contributed by atoms with E-state index in [9.17, 15) is 64.7 Å². The molecule has 0 radical (unpaired) electrons. The molecule has 1 aliphatic carbocycles. The molecule has 1 saturated heterocycles. The van der Waals surface area contributed by atoms with Crippen LogP contribution in [0, 0.1) is 45.9 Å². The number of hydrogen-bond donors (Lipinski definition) is 1. The van der Waals surface area contributed by atoms with Crippen molar-refractivity contribution in [2.45, 2.75) is 110 Å². The summed E-state index contributed by atoms with van der Waals surface area (Å²) in [6, 6.07) is 0. The Morgan fingerprint density at radius 2 is 1.18 bits per heavy atom. The highest BCUT2D eigenvalue weighted by molar-refractivity contribution is 5.72. The van der Waals surface area contributed by atoms with Crippen molar-refractivity contribution in [2.75, 3.05) is 32.8 Å². The second kappa shape index (κ2) is 24.1. The van der Waals surface area contributed by atoms with Crippen LogP contribution >= 0.6 is 0 Å². The van der Waals surface area contributed by atoms with E-state index in [4.69, 9.17) is 23.7 Å². The molecule has 5 unspecified atom stereocenters. The lowest BCUT2D eigenvalue weighted by molar-refractivity contribution is -0.479. The van der Waals surface area contributed by atoms with E-state index < -0.39 is 133 Å². The first-order valence-electron chi connectivity index (χ1n) is 17.2. The van der Waals surface area contributed by atoms with Gasteiger partial charge in [0.05, 0.1) is 0 Å². The number of ether oxygens (including phenoxy) is 5. The van der Waals surface area contributed by atoms with E-state index in [-0.39, 0.29) is 0 Å². The fraction of sp³-hybridized carbons (Fsp3) is 0.697. The molecule has 0 spiro atoms. The van der Waals surface area contributed by atoms with Gasteiger partial charge in [0.25, 0.3) is 0 Å². The molecule has 1 fully saturated rings. The molecule has 5 atom stereocenters. The van der Waals surface area contributed by atoms with Crippen LogP contribution in [0.2, 0.25) is 0 Å². The van der Waals surface area contributed by atoms with Crippen molar-refractivity contribution in [3.63, 3.8) is 0 Å². The van der Waals surface area contributed by atoms with Gasteiger partial charge in [-0.15, -0.1) is 0 Å². The molecule has 22 nitrogen and oxygen atoms in total. The Morgan fingerprint density at radius 3 is 1.67 bits per heavy atom. The zero-order chi connectivity index (χ0) is 41.7. The van der Waals surface area contributed by atoms with Crippen LogP contribution in [0.4, 0.5) is 0 Å². The molecule has 0 amide bonds. The highest BCUT2D eigenvalue weighted by atomic mass is 16.7. The number of rotatable bonds is 17. The number of carbonyl (C=O) groups excluding carboxylic acids is 4. The van der Waals surface area contributed by atoms with E-state index in [0.29, 0.717) is 5.41 Å². The highest BCUT2D eigenvalue weighted by Gasteiger charge is 2.52. The summed E-state index contributed by atoms with van der Waals surface area (Å²) in [5.41, 5.74) is 3.34. The minimum Gasteiger partial charge on any atom is -0.463 e. The molecule has 0 aromatic carbocycles. The average Bonchev–Trinajstić information content (AvgIpc) is 3.11. The number of hydrogen-bond acceptors (Lipinski definition) is 18. The van der Waals surface area contributed by atoms with E-state index in [1.165, 1.54) is 24.0 Å². The zero-order valence-electron chi connectivity index (χ0n) is 31.1. The molecule has 0 saturated carbocycles. The Balaban J connectivity index is 0.000000836. The molecule has 2 aliphatic rings. The van der Waals surface area contributed by atoms with E-state index in [1.807, 2.05) is 0 Å². The minimum absolute atomic E-state index is 0.311. The van der Waals surface area contributed by atoms with Gasteiger partial charge in [-0.3, -0.25) is 59.6 Å². The van der Waals surface area contributed by atoms with Gasteiger partial charge in [-0.1, -0.05) is 49.3 Å². The Hall–Kier alpha value is -5.38. The maximum Gasteiger partial charge on any atom is 0.313 e. The van der Waals surface area contributed by atoms with Crippen molar-refractivity contribution in [3.05, 3.63) is 75.9 Å². The van der Waals surface area contributed by atoms with Crippen LogP contribution < -0.4 is 0 Å². The summed E-state index contributed by atoms with van der Waals surface area (Å²) in [5, 5.41) is 52.7. The Bertz CT molecular complexity index is 1480. The van der Waals surface area contributed by atoms with Crippen LogP contribution in [0.3, 0.4) is 0 Å². The monoisotopic (exact) mass is 788 g/mol. The third-order valence-electron chi connectivity index (χ3n) is 7.83. The molecule has 0 bridgehead atoms. The smallest absolute Gasteiger partial charge is 0.313 e. The maximum atomic E-state index is 12.3. The van der Waals surface area contributed by atoms with E-state index in [0.717, 1.165) is 12.8 Å². The maximum absolute atomic E-state index is 12.3. The molecule has 55 heavy (non-hydrogen) atoms. The number of nitro groups is 4. The first-order chi connectivity index (χ1) is 25.7. The lowest BCUT2D eigenvalue weighted by atomic mass is 9.87.